The van der Waals surface area contributed by atoms with Gasteiger partial charge in [0.2, 0.25) is 0 Å². The van der Waals surface area contributed by atoms with Crippen LogP contribution >= 0.6 is 0 Å². The molecule has 1 fully saturated rings. The molecule has 1 aliphatic heterocycles. The number of phenols is 1. The van der Waals surface area contributed by atoms with Gasteiger partial charge in [-0.05, 0) is 31.0 Å². The normalized spacial score (nSPS) is 17.4. The molecule has 2 N–H and O–H groups in total. The van der Waals surface area contributed by atoms with E-state index in [2.05, 4.69) is 0 Å². The molecule has 4 heteroatoms. The predicted octanol–water partition coefficient (Wildman–Crippen LogP) is 1.69. The van der Waals surface area contributed by atoms with E-state index in [-0.39, 0.29) is 11.7 Å². The van der Waals surface area contributed by atoms with Crippen molar-refractivity contribution in [1.82, 2.24) is 4.90 Å². The maximum atomic E-state index is 12.1. The minimum absolute atomic E-state index is 0.00549. The molecule has 1 heterocycles. The van der Waals surface area contributed by atoms with E-state index >= 15 is 0 Å². The van der Waals surface area contributed by atoms with Crippen molar-refractivity contribution in [2.24, 2.45) is 0 Å². The molecule has 2 rings (SSSR count). The monoisotopic (exact) mass is 249 g/mol. The van der Waals surface area contributed by atoms with Gasteiger partial charge in [-0.2, -0.15) is 0 Å². The molecule has 18 heavy (non-hydrogen) atoms. The standard InChI is InChI=1S/C14H19NO3/c1-3-6-14(18)8-15(9-14)13(17)11-5-4-10(2)7-12(11)16/h4-5,7,16,18H,3,6,8-9H2,1-2H3. The summed E-state index contributed by atoms with van der Waals surface area (Å²) in [7, 11) is 0. The molecule has 0 saturated carbocycles. The molecule has 0 radical (unpaired) electrons. The number of rotatable bonds is 3. The average Bonchev–Trinajstić information content (AvgIpc) is 2.25. The quantitative estimate of drug-likeness (QED) is 0.857. The van der Waals surface area contributed by atoms with Gasteiger partial charge < -0.3 is 15.1 Å². The van der Waals surface area contributed by atoms with Crippen molar-refractivity contribution in [2.45, 2.75) is 32.3 Å². The molecule has 0 aliphatic carbocycles. The number of phenolic OH excluding ortho intramolecular Hbond substituents is 1. The highest BCUT2D eigenvalue weighted by molar-refractivity contribution is 5.97. The third kappa shape index (κ3) is 2.34. The van der Waals surface area contributed by atoms with Crippen molar-refractivity contribution in [3.8, 4) is 5.75 Å². The van der Waals surface area contributed by atoms with Crippen LogP contribution < -0.4 is 0 Å². The SMILES string of the molecule is CCCC1(O)CN(C(=O)c2ccc(C)cc2O)C1. The van der Waals surface area contributed by atoms with E-state index in [4.69, 9.17) is 0 Å². The molecule has 0 unspecified atom stereocenters. The van der Waals surface area contributed by atoms with E-state index in [1.165, 1.54) is 0 Å². The molecule has 1 amide bonds. The van der Waals surface area contributed by atoms with E-state index in [1.807, 2.05) is 13.8 Å². The molecule has 1 saturated heterocycles. The van der Waals surface area contributed by atoms with Crippen LogP contribution in [-0.2, 0) is 0 Å². The van der Waals surface area contributed by atoms with Crippen molar-refractivity contribution in [1.29, 1.82) is 0 Å². The molecule has 1 aromatic rings. The van der Waals surface area contributed by atoms with Crippen LogP contribution in [0.25, 0.3) is 0 Å². The molecule has 4 nitrogen and oxygen atoms in total. The summed E-state index contributed by atoms with van der Waals surface area (Å²) in [5.74, 6) is -0.209. The molecular formula is C14H19NO3. The first-order valence-electron chi connectivity index (χ1n) is 6.26. The fourth-order valence-corrected chi connectivity index (χ4v) is 2.42. The largest absolute Gasteiger partial charge is 0.507 e. The first kappa shape index (κ1) is 12.9. The number of likely N-dealkylation sites (tertiary alicyclic amines) is 1. The molecule has 0 spiro atoms. The molecular weight excluding hydrogens is 230 g/mol. The Balaban J connectivity index is 2.06. The second-order valence-electron chi connectivity index (χ2n) is 5.16. The second-order valence-corrected chi connectivity index (χ2v) is 5.16. The van der Waals surface area contributed by atoms with Crippen molar-refractivity contribution in [2.75, 3.05) is 13.1 Å². The lowest BCUT2D eigenvalue weighted by molar-refractivity contribution is -0.0860. The van der Waals surface area contributed by atoms with Gasteiger partial charge in [0.1, 0.15) is 5.75 Å². The maximum Gasteiger partial charge on any atom is 0.257 e. The Morgan fingerprint density at radius 2 is 2.11 bits per heavy atom. The summed E-state index contributed by atoms with van der Waals surface area (Å²) < 4.78 is 0. The summed E-state index contributed by atoms with van der Waals surface area (Å²) in [6.07, 6.45) is 1.60. The molecule has 0 aromatic heterocycles. The topological polar surface area (TPSA) is 60.8 Å². The van der Waals surface area contributed by atoms with E-state index in [1.54, 1.807) is 23.1 Å². The van der Waals surface area contributed by atoms with E-state index in [0.29, 0.717) is 25.1 Å². The fourth-order valence-electron chi connectivity index (χ4n) is 2.42. The fraction of sp³-hybridized carbons (Fsp3) is 0.500. The molecule has 98 valence electrons. The number of amides is 1. The number of nitrogens with zero attached hydrogens (tertiary/aromatic N) is 1. The highest BCUT2D eigenvalue weighted by Crippen LogP contribution is 2.29. The Morgan fingerprint density at radius 1 is 1.44 bits per heavy atom. The summed E-state index contributed by atoms with van der Waals surface area (Å²) in [6, 6.07) is 5.00. The van der Waals surface area contributed by atoms with Gasteiger partial charge in [0.15, 0.2) is 0 Å². The number of aromatic hydroxyl groups is 1. The average molecular weight is 249 g/mol. The summed E-state index contributed by atoms with van der Waals surface area (Å²) in [6.45, 7) is 4.58. The summed E-state index contributed by atoms with van der Waals surface area (Å²) in [4.78, 5) is 13.7. The van der Waals surface area contributed by atoms with Crippen LogP contribution in [0.15, 0.2) is 18.2 Å². The van der Waals surface area contributed by atoms with Crippen LogP contribution in [0.4, 0.5) is 0 Å². The van der Waals surface area contributed by atoms with Crippen molar-refractivity contribution in [3.05, 3.63) is 29.3 Å². The number of hydrogen-bond acceptors (Lipinski definition) is 3. The first-order valence-corrected chi connectivity index (χ1v) is 6.26. The zero-order chi connectivity index (χ0) is 13.3. The molecule has 0 bridgehead atoms. The summed E-state index contributed by atoms with van der Waals surface area (Å²) in [5, 5.41) is 19.8. The number of hydrogen-bond donors (Lipinski definition) is 2. The van der Waals surface area contributed by atoms with Crippen LogP contribution in [0.3, 0.4) is 0 Å². The smallest absolute Gasteiger partial charge is 0.257 e. The van der Waals surface area contributed by atoms with Gasteiger partial charge in [-0.15, -0.1) is 0 Å². The zero-order valence-corrected chi connectivity index (χ0v) is 10.8. The number of aryl methyl sites for hydroxylation is 1. The number of carbonyl (C=O) groups excluding carboxylic acids is 1. The van der Waals surface area contributed by atoms with Crippen LogP contribution in [0.2, 0.25) is 0 Å². The Hall–Kier alpha value is -1.55. The van der Waals surface area contributed by atoms with Crippen molar-refractivity contribution < 1.29 is 15.0 Å². The highest BCUT2D eigenvalue weighted by Gasteiger charge is 2.43. The lowest BCUT2D eigenvalue weighted by Gasteiger charge is -2.46. The number of β-amino-alcohol motifs (C(OH)–C–C–N with tert-alkyl or cyclic N) is 1. The lowest BCUT2D eigenvalue weighted by Crippen LogP contribution is -2.63. The van der Waals surface area contributed by atoms with E-state index < -0.39 is 5.60 Å². The number of benzene rings is 1. The third-order valence-electron chi connectivity index (χ3n) is 3.36. The van der Waals surface area contributed by atoms with Gasteiger partial charge in [-0.25, -0.2) is 0 Å². The highest BCUT2D eigenvalue weighted by atomic mass is 16.3. The zero-order valence-electron chi connectivity index (χ0n) is 10.8. The van der Waals surface area contributed by atoms with E-state index in [9.17, 15) is 15.0 Å². The van der Waals surface area contributed by atoms with Crippen LogP contribution in [0.5, 0.6) is 5.75 Å². The number of aliphatic hydroxyl groups is 1. The number of carbonyl (C=O) groups is 1. The molecule has 0 atom stereocenters. The third-order valence-corrected chi connectivity index (χ3v) is 3.36. The van der Waals surface area contributed by atoms with E-state index in [0.717, 1.165) is 12.0 Å². The van der Waals surface area contributed by atoms with Gasteiger partial charge in [0.05, 0.1) is 24.3 Å². The minimum Gasteiger partial charge on any atom is -0.507 e. The molecule has 1 aliphatic rings. The Labute approximate surface area is 107 Å². The van der Waals surface area contributed by atoms with Gasteiger partial charge in [0, 0.05) is 0 Å². The second kappa shape index (κ2) is 4.61. The Morgan fingerprint density at radius 3 is 2.67 bits per heavy atom. The van der Waals surface area contributed by atoms with Gasteiger partial charge in [-0.3, -0.25) is 4.79 Å². The van der Waals surface area contributed by atoms with Gasteiger partial charge in [-0.1, -0.05) is 19.4 Å². The predicted molar refractivity (Wildman–Crippen MR) is 68.6 cm³/mol. The van der Waals surface area contributed by atoms with Crippen LogP contribution in [0, 0.1) is 6.92 Å². The maximum absolute atomic E-state index is 12.1. The van der Waals surface area contributed by atoms with Crippen LogP contribution in [-0.4, -0.2) is 39.7 Å². The van der Waals surface area contributed by atoms with Crippen molar-refractivity contribution >= 4 is 5.91 Å². The summed E-state index contributed by atoms with van der Waals surface area (Å²) in [5.41, 5.74) is 0.486. The van der Waals surface area contributed by atoms with Crippen LogP contribution in [0.1, 0.15) is 35.7 Å². The molecule has 1 aromatic carbocycles. The van der Waals surface area contributed by atoms with Gasteiger partial charge >= 0.3 is 0 Å². The summed E-state index contributed by atoms with van der Waals surface area (Å²) >= 11 is 0. The first-order chi connectivity index (χ1) is 8.45. The lowest BCUT2D eigenvalue weighted by atomic mass is 9.88. The minimum atomic E-state index is -0.731. The van der Waals surface area contributed by atoms with Gasteiger partial charge in [0.25, 0.3) is 5.91 Å². The Kier molecular flexibility index (Phi) is 3.30. The van der Waals surface area contributed by atoms with Crippen molar-refractivity contribution in [3.63, 3.8) is 0 Å². The Bertz CT molecular complexity index is 464.